The third-order valence-electron chi connectivity index (χ3n) is 3.23. The molecule has 17 heavy (non-hydrogen) atoms. The molecule has 1 aliphatic rings. The highest BCUT2D eigenvalue weighted by atomic mass is 35.5. The minimum Gasteiger partial charge on any atom is -0.348 e. The molecule has 1 aromatic rings. The molecule has 1 aromatic heterocycles. The van der Waals surface area contributed by atoms with Gasteiger partial charge in [-0.05, 0) is 25.7 Å². The van der Waals surface area contributed by atoms with E-state index in [-0.39, 0.29) is 17.3 Å². The molecule has 1 amide bonds. The Bertz CT molecular complexity index is 416. The fourth-order valence-electron chi connectivity index (χ4n) is 2.31. The van der Waals surface area contributed by atoms with E-state index in [2.05, 4.69) is 10.4 Å². The Morgan fingerprint density at radius 1 is 1.65 bits per heavy atom. The Hall–Kier alpha value is -1.03. The first-order valence-electron chi connectivity index (χ1n) is 6.09. The van der Waals surface area contributed by atoms with Gasteiger partial charge in [0.1, 0.15) is 0 Å². The Labute approximate surface area is 106 Å². The molecule has 2 rings (SSSR count). The van der Waals surface area contributed by atoms with Crippen molar-refractivity contribution in [1.82, 2.24) is 15.1 Å². The number of alkyl halides is 1. The number of nitrogens with zero attached hydrogens (tertiary/aromatic N) is 2. The number of halogens is 1. The van der Waals surface area contributed by atoms with Gasteiger partial charge >= 0.3 is 0 Å². The second kappa shape index (κ2) is 5.08. The fourth-order valence-corrected chi connectivity index (χ4v) is 2.65. The van der Waals surface area contributed by atoms with Crippen LogP contribution in [0.25, 0.3) is 0 Å². The maximum absolute atomic E-state index is 12.1. The summed E-state index contributed by atoms with van der Waals surface area (Å²) >= 11 is 6.15. The molecule has 1 N–H and O–H groups in total. The zero-order valence-electron chi connectivity index (χ0n) is 10.2. The van der Waals surface area contributed by atoms with Crippen molar-refractivity contribution in [3.8, 4) is 0 Å². The summed E-state index contributed by atoms with van der Waals surface area (Å²) in [7, 11) is 1.83. The number of hydrogen-bond acceptors (Lipinski definition) is 2. The molecule has 2 atom stereocenters. The predicted molar refractivity (Wildman–Crippen MR) is 67.3 cm³/mol. The van der Waals surface area contributed by atoms with Gasteiger partial charge in [-0.3, -0.25) is 9.48 Å². The van der Waals surface area contributed by atoms with E-state index in [0.717, 1.165) is 31.4 Å². The van der Waals surface area contributed by atoms with Gasteiger partial charge in [-0.2, -0.15) is 5.10 Å². The van der Waals surface area contributed by atoms with Crippen LogP contribution in [0.2, 0.25) is 0 Å². The lowest BCUT2D eigenvalue weighted by molar-refractivity contribution is 0.0937. The van der Waals surface area contributed by atoms with E-state index in [9.17, 15) is 4.79 Å². The highest BCUT2D eigenvalue weighted by molar-refractivity contribution is 6.21. The number of carbonyl (C=O) groups excluding carboxylic acids is 1. The van der Waals surface area contributed by atoms with Gasteiger partial charge < -0.3 is 5.32 Å². The average molecular weight is 256 g/mol. The summed E-state index contributed by atoms with van der Waals surface area (Å²) in [5.74, 6) is -0.0486. The predicted octanol–water partition coefficient (Wildman–Crippen LogP) is 1.87. The molecule has 0 saturated heterocycles. The van der Waals surface area contributed by atoms with Crippen LogP contribution in [0.1, 0.15) is 42.2 Å². The summed E-state index contributed by atoms with van der Waals surface area (Å²) in [6, 6.07) is 0.106. The molecule has 0 bridgehead atoms. The van der Waals surface area contributed by atoms with E-state index in [4.69, 9.17) is 11.6 Å². The van der Waals surface area contributed by atoms with Gasteiger partial charge in [0.05, 0.1) is 16.6 Å². The number of nitrogens with one attached hydrogen (secondary N) is 1. The quantitative estimate of drug-likeness (QED) is 0.839. The van der Waals surface area contributed by atoms with Gasteiger partial charge in [0.25, 0.3) is 5.91 Å². The van der Waals surface area contributed by atoms with Crippen LogP contribution in [0.5, 0.6) is 0 Å². The molecule has 4 nitrogen and oxygen atoms in total. The van der Waals surface area contributed by atoms with Gasteiger partial charge in [0.2, 0.25) is 0 Å². The fraction of sp³-hybridized carbons (Fsp3) is 0.667. The lowest BCUT2D eigenvalue weighted by Gasteiger charge is -2.15. The van der Waals surface area contributed by atoms with Crippen molar-refractivity contribution in [3.05, 3.63) is 17.5 Å². The van der Waals surface area contributed by atoms with Crippen LogP contribution >= 0.6 is 11.6 Å². The molecule has 0 aromatic carbocycles. The van der Waals surface area contributed by atoms with Crippen LogP contribution in [0, 0.1) is 0 Å². The average Bonchev–Trinajstić information content (AvgIpc) is 2.85. The first-order valence-corrected chi connectivity index (χ1v) is 6.53. The summed E-state index contributed by atoms with van der Waals surface area (Å²) in [6.45, 7) is 2.00. The number of carbonyl (C=O) groups is 1. The number of amides is 1. The molecule has 0 spiro atoms. The zero-order valence-corrected chi connectivity index (χ0v) is 11.0. The largest absolute Gasteiger partial charge is 0.348 e. The summed E-state index contributed by atoms with van der Waals surface area (Å²) in [5.41, 5.74) is 1.51. The first kappa shape index (κ1) is 12.4. The van der Waals surface area contributed by atoms with Crippen molar-refractivity contribution in [2.24, 2.45) is 7.05 Å². The topological polar surface area (TPSA) is 46.9 Å². The molecular formula is C12H18ClN3O. The standard InChI is InChI=1S/C12H18ClN3O/c1-3-10-8(7-16(2)15-10)12(17)14-11-6-4-5-9(11)13/h7,9,11H,3-6H2,1-2H3,(H,14,17). The molecule has 0 radical (unpaired) electrons. The van der Waals surface area contributed by atoms with Gasteiger partial charge in [0, 0.05) is 19.3 Å². The Morgan fingerprint density at radius 2 is 2.41 bits per heavy atom. The second-order valence-electron chi connectivity index (χ2n) is 4.54. The van der Waals surface area contributed by atoms with Gasteiger partial charge in [-0.1, -0.05) is 6.92 Å². The van der Waals surface area contributed by atoms with Crippen LogP contribution < -0.4 is 5.32 Å². The van der Waals surface area contributed by atoms with Crippen molar-refractivity contribution in [3.63, 3.8) is 0 Å². The van der Waals surface area contributed by atoms with Crippen LogP contribution in [0.3, 0.4) is 0 Å². The van der Waals surface area contributed by atoms with E-state index in [1.165, 1.54) is 0 Å². The number of hydrogen-bond donors (Lipinski definition) is 1. The molecule has 94 valence electrons. The lowest BCUT2D eigenvalue weighted by Crippen LogP contribution is -2.38. The van der Waals surface area contributed by atoms with Gasteiger partial charge in [0.15, 0.2) is 0 Å². The van der Waals surface area contributed by atoms with Crippen molar-refractivity contribution in [2.75, 3.05) is 0 Å². The Morgan fingerprint density at radius 3 is 3.00 bits per heavy atom. The normalized spacial score (nSPS) is 23.9. The van der Waals surface area contributed by atoms with Gasteiger partial charge in [-0.15, -0.1) is 11.6 Å². The first-order chi connectivity index (χ1) is 8.11. The number of rotatable bonds is 3. The van der Waals surface area contributed by atoms with E-state index in [1.54, 1.807) is 10.9 Å². The number of aryl methyl sites for hydroxylation is 2. The smallest absolute Gasteiger partial charge is 0.255 e. The van der Waals surface area contributed by atoms with E-state index in [0.29, 0.717) is 5.56 Å². The summed E-state index contributed by atoms with van der Waals surface area (Å²) in [6.07, 6.45) is 5.58. The third kappa shape index (κ3) is 2.63. The molecule has 1 aliphatic carbocycles. The molecule has 2 unspecified atom stereocenters. The van der Waals surface area contributed by atoms with Crippen molar-refractivity contribution >= 4 is 17.5 Å². The highest BCUT2D eigenvalue weighted by Gasteiger charge is 2.27. The summed E-state index contributed by atoms with van der Waals surface area (Å²) in [5, 5.41) is 7.35. The van der Waals surface area contributed by atoms with Crippen LogP contribution in [0.4, 0.5) is 0 Å². The molecule has 0 aliphatic heterocycles. The van der Waals surface area contributed by atoms with Crippen molar-refractivity contribution in [1.29, 1.82) is 0 Å². The highest BCUT2D eigenvalue weighted by Crippen LogP contribution is 2.24. The molecule has 1 fully saturated rings. The van der Waals surface area contributed by atoms with Crippen molar-refractivity contribution < 1.29 is 4.79 Å². The molecular weight excluding hydrogens is 238 g/mol. The van der Waals surface area contributed by atoms with Crippen LogP contribution in [-0.4, -0.2) is 27.1 Å². The molecule has 1 heterocycles. The van der Waals surface area contributed by atoms with Crippen molar-refractivity contribution in [2.45, 2.75) is 44.0 Å². The van der Waals surface area contributed by atoms with E-state index >= 15 is 0 Å². The summed E-state index contributed by atoms with van der Waals surface area (Å²) in [4.78, 5) is 12.1. The Balaban J connectivity index is 2.08. The minimum atomic E-state index is -0.0486. The number of aromatic nitrogens is 2. The summed E-state index contributed by atoms with van der Waals surface area (Å²) < 4.78 is 1.68. The third-order valence-corrected chi connectivity index (χ3v) is 3.76. The maximum atomic E-state index is 12.1. The monoisotopic (exact) mass is 255 g/mol. The van der Waals surface area contributed by atoms with Crippen LogP contribution in [0.15, 0.2) is 6.20 Å². The van der Waals surface area contributed by atoms with E-state index < -0.39 is 0 Å². The maximum Gasteiger partial charge on any atom is 0.255 e. The molecule has 5 heteroatoms. The van der Waals surface area contributed by atoms with E-state index in [1.807, 2.05) is 14.0 Å². The lowest BCUT2D eigenvalue weighted by atomic mass is 10.1. The zero-order chi connectivity index (χ0) is 12.4. The van der Waals surface area contributed by atoms with Gasteiger partial charge in [-0.25, -0.2) is 0 Å². The SMILES string of the molecule is CCc1nn(C)cc1C(=O)NC1CCCC1Cl. The second-order valence-corrected chi connectivity index (χ2v) is 5.10. The molecule has 1 saturated carbocycles. The minimum absolute atomic E-state index is 0.0486. The van der Waals surface area contributed by atoms with Crippen LogP contribution in [-0.2, 0) is 13.5 Å². The Kier molecular flexibility index (Phi) is 3.72.